The van der Waals surface area contributed by atoms with Crippen LogP contribution in [0.15, 0.2) is 59.7 Å². The molecule has 2 aromatic carbocycles. The molecule has 1 saturated heterocycles. The minimum atomic E-state index is -3.62. The van der Waals surface area contributed by atoms with Crippen LogP contribution in [0.3, 0.4) is 0 Å². The van der Waals surface area contributed by atoms with E-state index >= 15 is 0 Å². The molecule has 1 fully saturated rings. The minimum Gasteiger partial charge on any atom is -0.394 e. The van der Waals surface area contributed by atoms with Gasteiger partial charge in [-0.3, -0.25) is 14.3 Å². The van der Waals surface area contributed by atoms with Gasteiger partial charge in [-0.25, -0.2) is 18.1 Å². The standard InChI is InChI=1S/C25H26N6O6S/c1-38(35,36)30-21-16-9-5-3-7-14(16)13-6-2-4-8-15(13)20(21)27-25-28-23-22(24(34)29-25)26-12-31(23)19-10-17(33)18(11-32)37-19/h2-9,12,17-21,30,32-33H,10-11H2,1H3,(H2,27,28,29,34)/t17-,18+,19+,20+,21+/m0/s1. The number of hydrogen-bond acceptors (Lipinski definition) is 9. The molecule has 3 heterocycles. The van der Waals surface area contributed by atoms with Gasteiger partial charge in [0.2, 0.25) is 16.0 Å². The van der Waals surface area contributed by atoms with E-state index in [1.165, 1.54) is 6.33 Å². The molecule has 0 spiro atoms. The van der Waals surface area contributed by atoms with Crippen molar-refractivity contribution in [3.63, 3.8) is 0 Å². The van der Waals surface area contributed by atoms with Gasteiger partial charge >= 0.3 is 0 Å². The number of nitrogens with one attached hydrogen (secondary N) is 3. The predicted molar refractivity (Wildman–Crippen MR) is 139 cm³/mol. The summed E-state index contributed by atoms with van der Waals surface area (Å²) in [6.07, 6.45) is 0.418. The number of sulfonamides is 1. The van der Waals surface area contributed by atoms with Gasteiger partial charge in [-0.15, -0.1) is 0 Å². The normalized spacial score (nSPS) is 24.8. The molecule has 0 unspecified atom stereocenters. The Balaban J connectivity index is 1.44. The third-order valence-electron chi connectivity index (χ3n) is 6.98. The van der Waals surface area contributed by atoms with Gasteiger partial charge in [0, 0.05) is 6.42 Å². The van der Waals surface area contributed by atoms with E-state index in [-0.39, 0.29) is 30.1 Å². The third-order valence-corrected chi connectivity index (χ3v) is 7.66. The van der Waals surface area contributed by atoms with E-state index in [1.807, 2.05) is 48.5 Å². The van der Waals surface area contributed by atoms with Crippen LogP contribution in [-0.4, -0.2) is 63.2 Å². The van der Waals surface area contributed by atoms with Gasteiger partial charge in [0.15, 0.2) is 11.2 Å². The molecule has 0 saturated carbocycles. The number of fused-ring (bicyclic) bond motifs is 4. The Labute approximate surface area is 217 Å². The number of aromatic nitrogens is 4. The van der Waals surface area contributed by atoms with Crippen molar-refractivity contribution in [2.75, 3.05) is 18.2 Å². The van der Waals surface area contributed by atoms with Gasteiger partial charge in [0.1, 0.15) is 12.3 Å². The van der Waals surface area contributed by atoms with Gasteiger partial charge in [0.25, 0.3) is 5.56 Å². The SMILES string of the molecule is CS(=O)(=O)N[C@@H]1c2ccccc2-c2ccccc2[C@H]1Nc1nc2c(ncn2[C@H]2C[C@H](O)[C@@H](CO)O2)c(=O)[nH]1. The number of ether oxygens (including phenoxy) is 1. The average Bonchev–Trinajstić information content (AvgIpc) is 3.48. The van der Waals surface area contributed by atoms with Gasteiger partial charge in [-0.05, 0) is 22.3 Å². The summed E-state index contributed by atoms with van der Waals surface area (Å²) in [5, 5.41) is 22.9. The summed E-state index contributed by atoms with van der Waals surface area (Å²) >= 11 is 0. The highest BCUT2D eigenvalue weighted by Gasteiger charge is 2.37. The number of imidazole rings is 1. The summed E-state index contributed by atoms with van der Waals surface area (Å²) in [4.78, 5) is 24.4. The average molecular weight is 539 g/mol. The third kappa shape index (κ3) is 4.27. The van der Waals surface area contributed by atoms with Gasteiger partial charge in [-0.1, -0.05) is 48.5 Å². The first-order valence-electron chi connectivity index (χ1n) is 12.1. The van der Waals surface area contributed by atoms with Gasteiger partial charge in [0.05, 0.1) is 37.4 Å². The van der Waals surface area contributed by atoms with Crippen LogP contribution in [0.5, 0.6) is 0 Å². The highest BCUT2D eigenvalue weighted by Crippen LogP contribution is 2.45. The number of rotatable bonds is 6. The van der Waals surface area contributed by atoms with Crippen molar-refractivity contribution in [1.29, 1.82) is 0 Å². The van der Waals surface area contributed by atoms with E-state index in [0.717, 1.165) is 28.5 Å². The maximum Gasteiger partial charge on any atom is 0.280 e. The smallest absolute Gasteiger partial charge is 0.280 e. The topological polar surface area (TPSA) is 171 Å². The zero-order chi connectivity index (χ0) is 26.6. The Hall–Kier alpha value is -3.62. The number of aliphatic hydroxyl groups excluding tert-OH is 2. The lowest BCUT2D eigenvalue weighted by molar-refractivity contribution is -0.0432. The number of anilines is 1. The number of aromatic amines is 1. The fourth-order valence-electron chi connectivity index (χ4n) is 5.31. The molecule has 38 heavy (non-hydrogen) atoms. The molecule has 5 N–H and O–H groups in total. The van der Waals surface area contributed by atoms with Crippen molar-refractivity contribution in [3.05, 3.63) is 76.3 Å². The molecule has 2 aromatic heterocycles. The summed E-state index contributed by atoms with van der Waals surface area (Å²) in [5.41, 5.74) is 3.27. The van der Waals surface area contributed by atoms with Crippen molar-refractivity contribution in [1.82, 2.24) is 24.2 Å². The lowest BCUT2D eigenvalue weighted by Gasteiger charge is -2.36. The number of nitrogens with zero attached hydrogens (tertiary/aromatic N) is 3. The monoisotopic (exact) mass is 538 g/mol. The first-order valence-corrected chi connectivity index (χ1v) is 14.0. The molecule has 0 radical (unpaired) electrons. The van der Waals surface area contributed by atoms with Gasteiger partial charge in [-0.2, -0.15) is 4.98 Å². The molecule has 13 heteroatoms. The largest absolute Gasteiger partial charge is 0.394 e. The second-order valence-electron chi connectivity index (χ2n) is 9.52. The molecule has 5 atom stereocenters. The fourth-order valence-corrected chi connectivity index (χ4v) is 6.04. The molecule has 6 rings (SSSR count). The van der Waals surface area contributed by atoms with E-state index in [2.05, 4.69) is 25.0 Å². The van der Waals surface area contributed by atoms with Crippen LogP contribution in [0.2, 0.25) is 0 Å². The summed E-state index contributed by atoms with van der Waals surface area (Å²) in [6, 6.07) is 13.9. The highest BCUT2D eigenvalue weighted by atomic mass is 32.2. The molecule has 0 amide bonds. The summed E-state index contributed by atoms with van der Waals surface area (Å²) in [5.74, 6) is 0.112. The van der Waals surface area contributed by atoms with E-state index in [0.29, 0.717) is 0 Å². The Morgan fingerprint density at radius 3 is 2.39 bits per heavy atom. The Morgan fingerprint density at radius 2 is 1.76 bits per heavy atom. The number of H-pyrrole nitrogens is 1. The molecule has 12 nitrogen and oxygen atoms in total. The lowest BCUT2D eigenvalue weighted by atomic mass is 9.79. The Morgan fingerprint density at radius 1 is 1.11 bits per heavy atom. The zero-order valence-corrected chi connectivity index (χ0v) is 21.1. The first kappa shape index (κ1) is 24.7. The fraction of sp³-hybridized carbons (Fsp3) is 0.320. The van der Waals surface area contributed by atoms with E-state index in [9.17, 15) is 23.4 Å². The zero-order valence-electron chi connectivity index (χ0n) is 20.3. The lowest BCUT2D eigenvalue weighted by Crippen LogP contribution is -2.37. The van der Waals surface area contributed by atoms with Crippen LogP contribution in [0.1, 0.15) is 35.9 Å². The first-order chi connectivity index (χ1) is 18.2. The Kier molecular flexibility index (Phi) is 6.04. The molecule has 4 aromatic rings. The molecule has 198 valence electrons. The molecular weight excluding hydrogens is 512 g/mol. The van der Waals surface area contributed by atoms with Crippen LogP contribution in [0.25, 0.3) is 22.3 Å². The van der Waals surface area contributed by atoms with E-state index in [1.54, 1.807) is 4.57 Å². The van der Waals surface area contributed by atoms with Crippen molar-refractivity contribution in [3.8, 4) is 11.1 Å². The summed E-state index contributed by atoms with van der Waals surface area (Å²) in [6.45, 7) is -0.345. The van der Waals surface area contributed by atoms with Crippen molar-refractivity contribution in [2.24, 2.45) is 0 Å². The molecule has 2 aliphatic rings. The van der Waals surface area contributed by atoms with E-state index in [4.69, 9.17) is 4.74 Å². The number of aliphatic hydroxyl groups is 2. The van der Waals surface area contributed by atoms with Crippen molar-refractivity contribution in [2.45, 2.75) is 36.9 Å². The Bertz CT molecular complexity index is 1690. The predicted octanol–water partition coefficient (Wildman–Crippen LogP) is 1.18. The van der Waals surface area contributed by atoms with Crippen LogP contribution in [0, 0.1) is 0 Å². The van der Waals surface area contributed by atoms with Crippen LogP contribution >= 0.6 is 0 Å². The minimum absolute atomic E-state index is 0.0845. The molecule has 1 aliphatic heterocycles. The maximum absolute atomic E-state index is 13.0. The van der Waals surface area contributed by atoms with Gasteiger partial charge < -0.3 is 20.3 Å². The van der Waals surface area contributed by atoms with Crippen LogP contribution in [-0.2, 0) is 14.8 Å². The number of hydrogen-bond donors (Lipinski definition) is 5. The molecule has 0 bridgehead atoms. The van der Waals surface area contributed by atoms with Crippen molar-refractivity contribution < 1.29 is 23.4 Å². The van der Waals surface area contributed by atoms with E-state index < -0.39 is 46.1 Å². The highest BCUT2D eigenvalue weighted by molar-refractivity contribution is 7.88. The quantitative estimate of drug-likeness (QED) is 0.242. The summed E-state index contributed by atoms with van der Waals surface area (Å²) < 4.78 is 34.8. The summed E-state index contributed by atoms with van der Waals surface area (Å²) in [7, 11) is -3.62. The van der Waals surface area contributed by atoms with Crippen molar-refractivity contribution >= 4 is 27.1 Å². The second-order valence-corrected chi connectivity index (χ2v) is 11.3. The maximum atomic E-state index is 13.0. The molecular formula is C25H26N6O6S. The van der Waals surface area contributed by atoms with Crippen LogP contribution in [0.4, 0.5) is 5.95 Å². The van der Waals surface area contributed by atoms with Crippen LogP contribution < -0.4 is 15.6 Å². The number of benzene rings is 2. The second kappa shape index (κ2) is 9.29. The molecule has 1 aliphatic carbocycles.